The molecule has 2 heterocycles. The van der Waals surface area contributed by atoms with E-state index in [1.54, 1.807) is 0 Å². The number of rotatable bonds is 2. The number of piperidine rings is 1. The Morgan fingerprint density at radius 2 is 1.80 bits per heavy atom. The van der Waals surface area contributed by atoms with E-state index in [1.165, 1.54) is 37.7 Å². The Balaban J connectivity index is 1.68. The van der Waals surface area contributed by atoms with Gasteiger partial charge in [0.05, 0.1) is 0 Å². The summed E-state index contributed by atoms with van der Waals surface area (Å²) in [6.45, 7) is 0. The third-order valence-electron chi connectivity index (χ3n) is 4.07. The minimum Gasteiger partial charge on any atom is -0.311 e. The van der Waals surface area contributed by atoms with E-state index in [9.17, 15) is 0 Å². The van der Waals surface area contributed by atoms with Crippen LogP contribution in [0.3, 0.4) is 0 Å². The van der Waals surface area contributed by atoms with E-state index in [-0.39, 0.29) is 0 Å². The first-order chi connectivity index (χ1) is 7.42. The highest BCUT2D eigenvalue weighted by molar-refractivity contribution is 5.16. The van der Waals surface area contributed by atoms with Crippen molar-refractivity contribution in [1.29, 1.82) is 0 Å². The molecule has 0 saturated carbocycles. The Bertz CT molecular complexity index is 319. The van der Waals surface area contributed by atoms with Crippen molar-refractivity contribution in [3.05, 3.63) is 35.9 Å². The molecule has 3 atom stereocenters. The summed E-state index contributed by atoms with van der Waals surface area (Å²) in [7, 11) is 0. The zero-order valence-electron chi connectivity index (χ0n) is 9.15. The lowest BCUT2D eigenvalue weighted by atomic mass is 9.86. The number of hydrogen-bond donors (Lipinski definition) is 1. The lowest BCUT2D eigenvalue weighted by Gasteiger charge is -2.30. The summed E-state index contributed by atoms with van der Waals surface area (Å²) in [6, 6.07) is 12.6. The molecule has 15 heavy (non-hydrogen) atoms. The molecule has 2 bridgehead atoms. The van der Waals surface area contributed by atoms with E-state index in [0.29, 0.717) is 0 Å². The molecule has 2 aliphatic rings. The highest BCUT2D eigenvalue weighted by atomic mass is 15.0. The van der Waals surface area contributed by atoms with E-state index in [2.05, 4.69) is 35.6 Å². The maximum Gasteiger partial charge on any atom is 0.0102 e. The van der Waals surface area contributed by atoms with Gasteiger partial charge in [0.1, 0.15) is 0 Å². The molecule has 2 fully saturated rings. The van der Waals surface area contributed by atoms with Crippen molar-refractivity contribution in [1.82, 2.24) is 5.32 Å². The van der Waals surface area contributed by atoms with Crippen molar-refractivity contribution in [2.24, 2.45) is 5.92 Å². The summed E-state index contributed by atoms with van der Waals surface area (Å²) in [5.74, 6) is 0.881. The fraction of sp³-hybridized carbons (Fsp3) is 0.571. The largest absolute Gasteiger partial charge is 0.311 e. The van der Waals surface area contributed by atoms with Gasteiger partial charge >= 0.3 is 0 Å². The Labute approximate surface area is 91.9 Å². The van der Waals surface area contributed by atoms with Crippen LogP contribution >= 0.6 is 0 Å². The Hall–Kier alpha value is -0.820. The van der Waals surface area contributed by atoms with Gasteiger partial charge in [-0.15, -0.1) is 0 Å². The molecule has 2 saturated heterocycles. The van der Waals surface area contributed by atoms with E-state index in [0.717, 1.165) is 18.0 Å². The van der Waals surface area contributed by atoms with Gasteiger partial charge in [-0.25, -0.2) is 0 Å². The van der Waals surface area contributed by atoms with Crippen molar-refractivity contribution >= 4 is 0 Å². The molecule has 0 aromatic heterocycles. The van der Waals surface area contributed by atoms with Crippen LogP contribution in [0.15, 0.2) is 30.3 Å². The van der Waals surface area contributed by atoms with Gasteiger partial charge < -0.3 is 5.32 Å². The first-order valence-electron chi connectivity index (χ1n) is 6.22. The van der Waals surface area contributed by atoms with Gasteiger partial charge in [-0.2, -0.15) is 0 Å². The molecular weight excluding hydrogens is 182 g/mol. The number of nitrogens with one attached hydrogen (secondary N) is 1. The standard InChI is InChI=1S/C14H19N/c1-2-4-11(5-3-1)10-12-6-7-13-8-9-14(12)15-13/h1-5,12-15H,6-10H2. The fourth-order valence-corrected chi connectivity index (χ4v) is 3.23. The zero-order valence-corrected chi connectivity index (χ0v) is 9.15. The SMILES string of the molecule is c1ccc(CC2CCC3CCC2N3)cc1. The van der Waals surface area contributed by atoms with Gasteiger partial charge in [0, 0.05) is 12.1 Å². The molecular formula is C14H19N. The highest BCUT2D eigenvalue weighted by Crippen LogP contribution is 2.33. The van der Waals surface area contributed by atoms with Crippen LogP contribution in [0.5, 0.6) is 0 Å². The second kappa shape index (κ2) is 3.97. The minimum atomic E-state index is 0.809. The van der Waals surface area contributed by atoms with Crippen molar-refractivity contribution in [3.8, 4) is 0 Å². The summed E-state index contributed by atoms with van der Waals surface area (Å²) in [4.78, 5) is 0. The molecule has 0 spiro atoms. The van der Waals surface area contributed by atoms with Crippen molar-refractivity contribution in [2.75, 3.05) is 0 Å². The van der Waals surface area contributed by atoms with Crippen LogP contribution in [0.2, 0.25) is 0 Å². The monoisotopic (exact) mass is 201 g/mol. The van der Waals surface area contributed by atoms with E-state index >= 15 is 0 Å². The molecule has 0 aliphatic carbocycles. The molecule has 3 rings (SSSR count). The quantitative estimate of drug-likeness (QED) is 0.776. The van der Waals surface area contributed by atoms with Crippen LogP contribution in [0.25, 0.3) is 0 Å². The summed E-state index contributed by atoms with van der Waals surface area (Å²) in [5, 5.41) is 3.76. The maximum atomic E-state index is 3.76. The van der Waals surface area contributed by atoms with Crippen molar-refractivity contribution < 1.29 is 0 Å². The molecule has 0 amide bonds. The van der Waals surface area contributed by atoms with Crippen LogP contribution in [0, 0.1) is 5.92 Å². The van der Waals surface area contributed by atoms with Gasteiger partial charge in [0.15, 0.2) is 0 Å². The highest BCUT2D eigenvalue weighted by Gasteiger charge is 2.34. The van der Waals surface area contributed by atoms with Gasteiger partial charge in [0.25, 0.3) is 0 Å². The van der Waals surface area contributed by atoms with Gasteiger partial charge in [0.2, 0.25) is 0 Å². The number of benzene rings is 1. The molecule has 2 aliphatic heterocycles. The fourth-order valence-electron chi connectivity index (χ4n) is 3.23. The minimum absolute atomic E-state index is 0.809. The third kappa shape index (κ3) is 1.93. The third-order valence-corrected chi connectivity index (χ3v) is 4.07. The Kier molecular flexibility index (Phi) is 2.49. The summed E-state index contributed by atoms with van der Waals surface area (Å²) >= 11 is 0. The molecule has 3 unspecified atom stereocenters. The normalized spacial score (nSPS) is 34.3. The average Bonchev–Trinajstić information content (AvgIpc) is 2.67. The van der Waals surface area contributed by atoms with Crippen LogP contribution < -0.4 is 5.32 Å². The first-order valence-corrected chi connectivity index (χ1v) is 6.22. The molecule has 1 heteroatoms. The predicted molar refractivity (Wildman–Crippen MR) is 62.8 cm³/mol. The van der Waals surface area contributed by atoms with Gasteiger partial charge in [-0.3, -0.25) is 0 Å². The lowest BCUT2D eigenvalue weighted by molar-refractivity contribution is 0.289. The molecule has 1 aromatic rings. The summed E-state index contributed by atoms with van der Waals surface area (Å²) in [5.41, 5.74) is 1.51. The number of hydrogen-bond acceptors (Lipinski definition) is 1. The van der Waals surface area contributed by atoms with Gasteiger partial charge in [-0.05, 0) is 43.6 Å². The van der Waals surface area contributed by atoms with Gasteiger partial charge in [-0.1, -0.05) is 30.3 Å². The smallest absolute Gasteiger partial charge is 0.0102 e. The molecule has 1 aromatic carbocycles. The maximum absolute atomic E-state index is 3.76. The number of fused-ring (bicyclic) bond motifs is 2. The average molecular weight is 201 g/mol. The van der Waals surface area contributed by atoms with E-state index in [4.69, 9.17) is 0 Å². The lowest BCUT2D eigenvalue weighted by Crippen LogP contribution is -2.41. The van der Waals surface area contributed by atoms with Crippen molar-refractivity contribution in [2.45, 2.75) is 44.2 Å². The second-order valence-electron chi connectivity index (χ2n) is 5.07. The Morgan fingerprint density at radius 1 is 1.00 bits per heavy atom. The van der Waals surface area contributed by atoms with Crippen LogP contribution in [0.1, 0.15) is 31.2 Å². The van der Waals surface area contributed by atoms with Crippen LogP contribution in [-0.4, -0.2) is 12.1 Å². The van der Waals surface area contributed by atoms with Crippen molar-refractivity contribution in [3.63, 3.8) is 0 Å². The molecule has 1 nitrogen and oxygen atoms in total. The van der Waals surface area contributed by atoms with Crippen LogP contribution in [0.4, 0.5) is 0 Å². The molecule has 80 valence electrons. The predicted octanol–water partition coefficient (Wildman–Crippen LogP) is 2.76. The second-order valence-corrected chi connectivity index (χ2v) is 5.07. The van der Waals surface area contributed by atoms with Crippen LogP contribution in [-0.2, 0) is 6.42 Å². The zero-order chi connectivity index (χ0) is 10.1. The Morgan fingerprint density at radius 3 is 2.67 bits per heavy atom. The van der Waals surface area contributed by atoms with E-state index in [1.807, 2.05) is 0 Å². The molecule has 0 radical (unpaired) electrons. The van der Waals surface area contributed by atoms with E-state index < -0.39 is 0 Å². The first kappa shape index (κ1) is 9.41. The molecule has 1 N–H and O–H groups in total. The summed E-state index contributed by atoms with van der Waals surface area (Å²) in [6.07, 6.45) is 6.91. The summed E-state index contributed by atoms with van der Waals surface area (Å²) < 4.78 is 0. The topological polar surface area (TPSA) is 12.0 Å².